The molecule has 0 bridgehead atoms. The van der Waals surface area contributed by atoms with Crippen molar-refractivity contribution in [3.8, 4) is 0 Å². The lowest BCUT2D eigenvalue weighted by molar-refractivity contribution is 0.348. The van der Waals surface area contributed by atoms with Gasteiger partial charge in [0, 0.05) is 30.0 Å². The van der Waals surface area contributed by atoms with Gasteiger partial charge < -0.3 is 9.88 Å². The summed E-state index contributed by atoms with van der Waals surface area (Å²) < 4.78 is 2.37. The minimum absolute atomic E-state index is 0.781. The highest BCUT2D eigenvalue weighted by Crippen LogP contribution is 2.35. The van der Waals surface area contributed by atoms with E-state index < -0.39 is 0 Å². The van der Waals surface area contributed by atoms with Gasteiger partial charge in [0.05, 0.1) is 0 Å². The number of aromatic nitrogens is 1. The standard InChI is InChI=1S/C13H17Cl.C12H19N.C3H7N.2C2H6/c1-10-2-4-11(5-3-10)12-6-8-13(14)9-7-12;1-6-9(2)8-13-11(4)7-10(3)12(13)5;1-3-4-2;2*1-2/h6-11H,2-5H2,1H3;6-7H,8H2,1-5H3;3-4H,1H2,2H3;2*1-2H3/b;9-6+;;;. The molecule has 1 aromatic heterocycles. The van der Waals surface area contributed by atoms with E-state index in [9.17, 15) is 0 Å². The Morgan fingerprint density at radius 2 is 1.51 bits per heavy atom. The fraction of sp³-hybridized carbons (Fsp3) is 0.562. The van der Waals surface area contributed by atoms with Gasteiger partial charge in [-0.15, -0.1) is 0 Å². The summed E-state index contributed by atoms with van der Waals surface area (Å²) in [5.41, 5.74) is 7.03. The molecule has 0 amide bonds. The Bertz CT molecular complexity index is 807. The molecule has 1 aliphatic carbocycles. The maximum atomic E-state index is 5.87. The number of hydrogen-bond donors (Lipinski definition) is 1. The molecule has 0 spiro atoms. The Morgan fingerprint density at radius 3 is 1.89 bits per heavy atom. The summed E-state index contributed by atoms with van der Waals surface area (Å²) in [6, 6.07) is 10.6. The third-order valence-corrected chi connectivity index (χ3v) is 6.54. The SMILES string of the molecule is C/C=C(\C)Cn1c(C)cc(C)c1C.C=CNC.CC.CC.CC1CCC(c2ccc(Cl)cc2)CC1. The van der Waals surface area contributed by atoms with Gasteiger partial charge in [0.15, 0.2) is 0 Å². The summed E-state index contributed by atoms with van der Waals surface area (Å²) in [5, 5.41) is 3.54. The number of halogens is 1. The van der Waals surface area contributed by atoms with Crippen LogP contribution in [0.2, 0.25) is 5.02 Å². The van der Waals surface area contributed by atoms with E-state index in [1.807, 2.05) is 46.9 Å². The summed E-state index contributed by atoms with van der Waals surface area (Å²) in [6.07, 6.45) is 9.26. The van der Waals surface area contributed by atoms with Crippen molar-refractivity contribution in [2.45, 2.75) is 107 Å². The molecule has 35 heavy (non-hydrogen) atoms. The first-order chi connectivity index (χ1) is 16.7. The molecule has 2 nitrogen and oxygen atoms in total. The second-order valence-electron chi connectivity index (χ2n) is 8.78. The first-order valence-electron chi connectivity index (χ1n) is 13.5. The van der Waals surface area contributed by atoms with Gasteiger partial charge in [-0.1, -0.05) is 89.4 Å². The van der Waals surface area contributed by atoms with Crippen LogP contribution < -0.4 is 5.32 Å². The van der Waals surface area contributed by atoms with Crippen LogP contribution in [-0.4, -0.2) is 11.6 Å². The number of benzene rings is 1. The highest BCUT2D eigenvalue weighted by molar-refractivity contribution is 6.30. The quantitative estimate of drug-likeness (QED) is 0.411. The van der Waals surface area contributed by atoms with Crippen molar-refractivity contribution in [3.05, 3.63) is 82.3 Å². The second-order valence-corrected chi connectivity index (χ2v) is 9.21. The predicted octanol–water partition coefficient (Wildman–Crippen LogP) is 10.4. The lowest BCUT2D eigenvalue weighted by Crippen LogP contribution is -2.10. The van der Waals surface area contributed by atoms with Gasteiger partial charge in [-0.3, -0.25) is 0 Å². The molecule has 0 unspecified atom stereocenters. The Hall–Kier alpha value is -1.93. The van der Waals surface area contributed by atoms with E-state index in [1.165, 1.54) is 53.8 Å². The molecule has 1 aromatic carbocycles. The van der Waals surface area contributed by atoms with E-state index in [1.54, 1.807) is 6.20 Å². The summed E-state index contributed by atoms with van der Waals surface area (Å²) in [5.74, 6) is 1.71. The van der Waals surface area contributed by atoms with E-state index >= 15 is 0 Å². The number of allylic oxidation sites excluding steroid dienone is 2. The van der Waals surface area contributed by atoms with E-state index in [-0.39, 0.29) is 0 Å². The van der Waals surface area contributed by atoms with Gasteiger partial charge in [0.25, 0.3) is 0 Å². The van der Waals surface area contributed by atoms with Crippen LogP contribution >= 0.6 is 11.6 Å². The molecule has 0 radical (unpaired) electrons. The molecular formula is C32H55ClN2. The van der Waals surface area contributed by atoms with Crippen LogP contribution in [0.4, 0.5) is 0 Å². The van der Waals surface area contributed by atoms with Gasteiger partial charge in [-0.2, -0.15) is 0 Å². The minimum Gasteiger partial charge on any atom is -0.394 e. The van der Waals surface area contributed by atoms with Crippen LogP contribution in [0.3, 0.4) is 0 Å². The van der Waals surface area contributed by atoms with Crippen LogP contribution in [0.1, 0.15) is 103 Å². The van der Waals surface area contributed by atoms with Gasteiger partial charge in [-0.05, 0) is 94.8 Å². The summed E-state index contributed by atoms with van der Waals surface area (Å²) in [7, 11) is 1.81. The zero-order valence-electron chi connectivity index (χ0n) is 24.8. The van der Waals surface area contributed by atoms with Crippen LogP contribution in [-0.2, 0) is 6.54 Å². The predicted molar refractivity (Wildman–Crippen MR) is 162 cm³/mol. The molecule has 0 atom stereocenters. The first-order valence-corrected chi connectivity index (χ1v) is 13.9. The molecule has 1 saturated carbocycles. The van der Waals surface area contributed by atoms with Gasteiger partial charge >= 0.3 is 0 Å². The normalized spacial score (nSPS) is 16.5. The maximum Gasteiger partial charge on any atom is 0.0432 e. The van der Waals surface area contributed by atoms with Gasteiger partial charge in [0.2, 0.25) is 0 Å². The van der Waals surface area contributed by atoms with Gasteiger partial charge in [0.1, 0.15) is 0 Å². The molecule has 2 aromatic rings. The van der Waals surface area contributed by atoms with E-state index in [0.29, 0.717) is 0 Å². The van der Waals surface area contributed by atoms with Crippen LogP contribution in [0.15, 0.2) is 54.8 Å². The summed E-state index contributed by atoms with van der Waals surface area (Å²) in [4.78, 5) is 0. The zero-order chi connectivity index (χ0) is 27.4. The molecule has 1 heterocycles. The summed E-state index contributed by atoms with van der Waals surface area (Å²) >= 11 is 5.87. The van der Waals surface area contributed by atoms with E-state index in [4.69, 9.17) is 11.6 Å². The Morgan fingerprint density at radius 1 is 1.03 bits per heavy atom. The first kappa shape index (κ1) is 35.2. The Kier molecular flexibility index (Phi) is 21.5. The minimum atomic E-state index is 0.781. The van der Waals surface area contributed by atoms with Crippen LogP contribution in [0.5, 0.6) is 0 Å². The third kappa shape index (κ3) is 14.3. The Balaban J connectivity index is 0. The number of nitrogens with zero attached hydrogens (tertiary/aromatic N) is 1. The van der Waals surface area contributed by atoms with Crippen molar-refractivity contribution in [1.82, 2.24) is 9.88 Å². The summed E-state index contributed by atoms with van der Waals surface area (Å²) in [6.45, 7) is 25.6. The smallest absolute Gasteiger partial charge is 0.0432 e. The van der Waals surface area contributed by atoms with Gasteiger partial charge in [-0.25, -0.2) is 0 Å². The zero-order valence-corrected chi connectivity index (χ0v) is 25.5. The third-order valence-electron chi connectivity index (χ3n) is 6.29. The van der Waals surface area contributed by atoms with E-state index in [2.05, 4.69) is 82.3 Å². The monoisotopic (exact) mass is 502 g/mol. The molecule has 3 heteroatoms. The highest BCUT2D eigenvalue weighted by atomic mass is 35.5. The largest absolute Gasteiger partial charge is 0.394 e. The average molecular weight is 503 g/mol. The highest BCUT2D eigenvalue weighted by Gasteiger charge is 2.19. The maximum absolute atomic E-state index is 5.87. The van der Waals surface area contributed by atoms with Crippen molar-refractivity contribution in [2.24, 2.45) is 5.92 Å². The molecule has 1 aliphatic rings. The fourth-order valence-electron chi connectivity index (χ4n) is 3.89. The Labute approximate surface area is 223 Å². The number of rotatable bonds is 4. The van der Waals surface area contributed by atoms with Crippen molar-refractivity contribution in [3.63, 3.8) is 0 Å². The number of aryl methyl sites for hydroxylation is 2. The molecule has 200 valence electrons. The van der Waals surface area contributed by atoms with Crippen molar-refractivity contribution >= 4 is 11.6 Å². The number of nitrogens with one attached hydrogen (secondary N) is 1. The average Bonchev–Trinajstić information content (AvgIpc) is 3.13. The molecule has 0 saturated heterocycles. The number of hydrogen-bond acceptors (Lipinski definition) is 1. The second kappa shape index (κ2) is 21.4. The molecular weight excluding hydrogens is 448 g/mol. The molecule has 1 fully saturated rings. The van der Waals surface area contributed by atoms with Crippen LogP contribution in [0, 0.1) is 26.7 Å². The fourth-order valence-corrected chi connectivity index (χ4v) is 4.01. The molecule has 3 rings (SSSR count). The van der Waals surface area contributed by atoms with Crippen molar-refractivity contribution in [2.75, 3.05) is 7.05 Å². The van der Waals surface area contributed by atoms with Crippen molar-refractivity contribution in [1.29, 1.82) is 0 Å². The van der Waals surface area contributed by atoms with Crippen LogP contribution in [0.25, 0.3) is 0 Å². The molecule has 1 N–H and O–H groups in total. The lowest BCUT2D eigenvalue weighted by atomic mass is 9.79. The topological polar surface area (TPSA) is 17.0 Å². The van der Waals surface area contributed by atoms with Crippen molar-refractivity contribution < 1.29 is 0 Å². The molecule has 0 aliphatic heterocycles. The lowest BCUT2D eigenvalue weighted by Gasteiger charge is -2.26. The van der Waals surface area contributed by atoms with E-state index in [0.717, 1.165) is 23.4 Å².